The Morgan fingerprint density at radius 1 is 1.45 bits per heavy atom. The third kappa shape index (κ3) is 4.39. The highest BCUT2D eigenvalue weighted by molar-refractivity contribution is 7.91. The molecule has 1 aliphatic rings. The number of thiazole rings is 1. The third-order valence-electron chi connectivity index (χ3n) is 3.49. The number of sulfone groups is 1. The van der Waals surface area contributed by atoms with Gasteiger partial charge in [0.1, 0.15) is 0 Å². The van der Waals surface area contributed by atoms with Crippen molar-refractivity contribution in [2.24, 2.45) is 0 Å². The van der Waals surface area contributed by atoms with Crippen LogP contribution in [0.1, 0.15) is 44.0 Å². The van der Waals surface area contributed by atoms with Gasteiger partial charge in [-0.05, 0) is 19.4 Å². The lowest BCUT2D eigenvalue weighted by molar-refractivity contribution is -0.117. The molecule has 22 heavy (non-hydrogen) atoms. The molecule has 1 fully saturated rings. The molecule has 2 heterocycles. The fourth-order valence-electron chi connectivity index (χ4n) is 2.32. The van der Waals surface area contributed by atoms with E-state index in [9.17, 15) is 13.2 Å². The summed E-state index contributed by atoms with van der Waals surface area (Å²) in [6, 6.07) is 0. The van der Waals surface area contributed by atoms with Gasteiger partial charge in [0, 0.05) is 22.6 Å². The molecule has 0 aromatic carbocycles. The van der Waals surface area contributed by atoms with E-state index in [2.05, 4.69) is 31.1 Å². The van der Waals surface area contributed by atoms with Crippen LogP contribution in [0.3, 0.4) is 0 Å². The summed E-state index contributed by atoms with van der Waals surface area (Å²) in [5.74, 6) is -0.128. The van der Waals surface area contributed by atoms with Gasteiger partial charge >= 0.3 is 0 Å². The molecule has 0 bridgehead atoms. The van der Waals surface area contributed by atoms with Crippen molar-refractivity contribution in [2.75, 3.05) is 11.5 Å². The van der Waals surface area contributed by atoms with Crippen molar-refractivity contribution in [3.63, 3.8) is 0 Å². The van der Waals surface area contributed by atoms with Crippen LogP contribution >= 0.6 is 11.3 Å². The molecular weight excluding hydrogens is 320 g/mol. The Morgan fingerprint density at radius 3 is 2.64 bits per heavy atom. The number of amides is 1. The lowest BCUT2D eigenvalue weighted by Gasteiger charge is -2.22. The Labute approximate surface area is 135 Å². The number of nitrogens with zero attached hydrogens (tertiary/aromatic N) is 1. The number of hydrogen-bond acceptors (Lipinski definition) is 5. The molecule has 2 rings (SSSR count). The summed E-state index contributed by atoms with van der Waals surface area (Å²) in [6.45, 7) is 8.04. The highest BCUT2D eigenvalue weighted by Gasteiger charge is 2.39. The van der Waals surface area contributed by atoms with Crippen LogP contribution in [-0.4, -0.2) is 36.4 Å². The Morgan fingerprint density at radius 2 is 2.14 bits per heavy atom. The predicted octanol–water partition coefficient (Wildman–Crippen LogP) is 2.15. The maximum absolute atomic E-state index is 12.0. The van der Waals surface area contributed by atoms with Gasteiger partial charge in [0.2, 0.25) is 5.91 Å². The van der Waals surface area contributed by atoms with Gasteiger partial charge in [0.25, 0.3) is 0 Å². The summed E-state index contributed by atoms with van der Waals surface area (Å²) < 4.78 is 23.1. The van der Waals surface area contributed by atoms with Gasteiger partial charge in [0.05, 0.1) is 22.1 Å². The molecule has 7 heteroatoms. The van der Waals surface area contributed by atoms with Crippen LogP contribution in [0.2, 0.25) is 0 Å². The molecule has 0 saturated carbocycles. The molecule has 1 aliphatic heterocycles. The van der Waals surface area contributed by atoms with Crippen LogP contribution in [0, 0.1) is 0 Å². The summed E-state index contributed by atoms with van der Waals surface area (Å²) in [5.41, 5.74) is -0.671. The van der Waals surface area contributed by atoms with Crippen molar-refractivity contribution >= 4 is 33.2 Å². The second kappa shape index (κ2) is 5.77. The smallest absolute Gasteiger partial charge is 0.244 e. The van der Waals surface area contributed by atoms with E-state index in [1.807, 2.05) is 0 Å². The number of nitrogens with one attached hydrogen (secondary N) is 1. The van der Waals surface area contributed by atoms with Gasteiger partial charge < -0.3 is 5.32 Å². The zero-order valence-corrected chi connectivity index (χ0v) is 15.0. The normalized spacial score (nSPS) is 24.7. The lowest BCUT2D eigenvalue weighted by atomic mass is 9.98. The monoisotopic (exact) mass is 342 g/mol. The average molecular weight is 342 g/mol. The molecule has 0 spiro atoms. The maximum Gasteiger partial charge on any atom is 0.244 e. The molecule has 1 saturated heterocycles. The SMILES string of the molecule is CC1(NC(=O)C=Cc2cnc(C(C)(C)C)s2)CCS(=O)(=O)C1. The molecule has 1 unspecified atom stereocenters. The second-order valence-electron chi connectivity index (χ2n) is 7.04. The topological polar surface area (TPSA) is 76.1 Å². The highest BCUT2D eigenvalue weighted by atomic mass is 32.2. The molecule has 1 aromatic heterocycles. The largest absolute Gasteiger partial charge is 0.346 e. The van der Waals surface area contributed by atoms with Crippen molar-refractivity contribution in [3.05, 3.63) is 22.2 Å². The van der Waals surface area contributed by atoms with Gasteiger partial charge in [-0.25, -0.2) is 13.4 Å². The average Bonchev–Trinajstić information content (AvgIpc) is 2.91. The van der Waals surface area contributed by atoms with Crippen LogP contribution in [-0.2, 0) is 20.0 Å². The molecule has 122 valence electrons. The highest BCUT2D eigenvalue weighted by Crippen LogP contribution is 2.27. The number of carbonyl (C=O) groups is 1. The molecule has 1 amide bonds. The third-order valence-corrected chi connectivity index (χ3v) is 6.78. The summed E-state index contributed by atoms with van der Waals surface area (Å²) in [5, 5.41) is 3.81. The first-order valence-corrected chi connectivity index (χ1v) is 9.80. The van der Waals surface area contributed by atoms with E-state index in [0.717, 1.165) is 9.88 Å². The second-order valence-corrected chi connectivity index (χ2v) is 10.3. The van der Waals surface area contributed by atoms with Crippen LogP contribution in [0.4, 0.5) is 0 Å². The summed E-state index contributed by atoms with van der Waals surface area (Å²) in [6.07, 6.45) is 5.37. The van der Waals surface area contributed by atoms with Gasteiger partial charge in [0.15, 0.2) is 9.84 Å². The summed E-state index contributed by atoms with van der Waals surface area (Å²) in [4.78, 5) is 17.2. The minimum absolute atomic E-state index is 0.00824. The standard InChI is InChI=1S/C15H22N2O3S2/c1-14(2,3)13-16-9-11(21-13)5-6-12(18)17-15(4)7-8-22(19,20)10-15/h5-6,9H,7-8,10H2,1-4H3,(H,17,18). The fraction of sp³-hybridized carbons (Fsp3) is 0.600. The predicted molar refractivity (Wildman–Crippen MR) is 89.7 cm³/mol. The van der Waals surface area contributed by atoms with E-state index in [0.29, 0.717) is 6.42 Å². The first kappa shape index (κ1) is 17.1. The number of aromatic nitrogens is 1. The van der Waals surface area contributed by atoms with Crippen molar-refractivity contribution in [1.82, 2.24) is 10.3 Å². The quantitative estimate of drug-likeness (QED) is 0.854. The van der Waals surface area contributed by atoms with Crippen LogP contribution < -0.4 is 5.32 Å². The van der Waals surface area contributed by atoms with Gasteiger partial charge in [-0.3, -0.25) is 4.79 Å². The van der Waals surface area contributed by atoms with E-state index in [1.54, 1.807) is 30.5 Å². The molecular formula is C15H22N2O3S2. The summed E-state index contributed by atoms with van der Waals surface area (Å²) >= 11 is 1.55. The molecule has 1 aromatic rings. The minimum Gasteiger partial charge on any atom is -0.346 e. The Kier molecular flexibility index (Phi) is 4.50. The van der Waals surface area contributed by atoms with E-state index >= 15 is 0 Å². The van der Waals surface area contributed by atoms with E-state index < -0.39 is 15.4 Å². The summed E-state index contributed by atoms with van der Waals surface area (Å²) in [7, 11) is -3.03. The molecule has 0 aliphatic carbocycles. The maximum atomic E-state index is 12.0. The minimum atomic E-state index is -3.03. The van der Waals surface area contributed by atoms with Crippen LogP contribution in [0.25, 0.3) is 6.08 Å². The number of hydrogen-bond donors (Lipinski definition) is 1. The zero-order valence-electron chi connectivity index (χ0n) is 13.3. The first-order valence-electron chi connectivity index (χ1n) is 7.16. The van der Waals surface area contributed by atoms with E-state index in [-0.39, 0.29) is 22.8 Å². The van der Waals surface area contributed by atoms with Gasteiger partial charge in [-0.1, -0.05) is 20.8 Å². The lowest BCUT2D eigenvalue weighted by Crippen LogP contribution is -2.46. The molecule has 0 radical (unpaired) electrons. The van der Waals surface area contributed by atoms with Crippen molar-refractivity contribution < 1.29 is 13.2 Å². The molecule has 1 N–H and O–H groups in total. The Bertz CT molecular complexity index is 699. The van der Waals surface area contributed by atoms with Gasteiger partial charge in [-0.2, -0.15) is 0 Å². The zero-order chi connectivity index (χ0) is 16.6. The number of rotatable bonds is 3. The molecule has 5 nitrogen and oxygen atoms in total. The number of carbonyl (C=O) groups excluding carboxylic acids is 1. The Hall–Kier alpha value is -1.21. The first-order chi connectivity index (χ1) is 9.99. The Balaban J connectivity index is 1.99. The van der Waals surface area contributed by atoms with Crippen LogP contribution in [0.15, 0.2) is 12.3 Å². The molecule has 1 atom stereocenters. The van der Waals surface area contributed by atoms with E-state index in [4.69, 9.17) is 0 Å². The van der Waals surface area contributed by atoms with Gasteiger partial charge in [-0.15, -0.1) is 11.3 Å². The van der Waals surface area contributed by atoms with Crippen molar-refractivity contribution in [2.45, 2.75) is 45.1 Å². The van der Waals surface area contributed by atoms with Crippen molar-refractivity contribution in [3.8, 4) is 0 Å². The van der Waals surface area contributed by atoms with Crippen molar-refractivity contribution in [1.29, 1.82) is 0 Å². The van der Waals surface area contributed by atoms with Crippen LogP contribution in [0.5, 0.6) is 0 Å². The van der Waals surface area contributed by atoms with E-state index in [1.165, 1.54) is 6.08 Å². The fourth-order valence-corrected chi connectivity index (χ4v) is 5.29.